The minimum Gasteiger partial charge on any atom is -0.298 e. The van der Waals surface area contributed by atoms with Crippen LogP contribution in [-0.4, -0.2) is 23.5 Å². The monoisotopic (exact) mass is 141 g/mol. The predicted molar refractivity (Wildman–Crippen MR) is 45.2 cm³/mol. The Morgan fingerprint density at radius 1 is 1.20 bits per heavy atom. The molecule has 1 rings (SSSR count). The lowest BCUT2D eigenvalue weighted by Gasteiger charge is -2.24. The summed E-state index contributed by atoms with van der Waals surface area (Å²) >= 11 is 0. The van der Waals surface area contributed by atoms with E-state index in [1.807, 2.05) is 0 Å². The van der Waals surface area contributed by atoms with Crippen LogP contribution >= 0.6 is 0 Å². The molecule has 0 aromatic heterocycles. The summed E-state index contributed by atoms with van der Waals surface area (Å²) in [5.41, 5.74) is 0. The van der Waals surface area contributed by atoms with Crippen molar-refractivity contribution in [3.63, 3.8) is 0 Å². The molecule has 0 aliphatic carbocycles. The molecule has 1 heterocycles. The highest BCUT2D eigenvalue weighted by Gasteiger charge is 2.25. The van der Waals surface area contributed by atoms with Gasteiger partial charge in [0, 0.05) is 12.1 Å². The van der Waals surface area contributed by atoms with Gasteiger partial charge in [-0.1, -0.05) is 6.92 Å². The van der Waals surface area contributed by atoms with Gasteiger partial charge in [-0.05, 0) is 39.7 Å². The minimum absolute atomic E-state index is 0.843. The highest BCUT2D eigenvalue weighted by molar-refractivity contribution is 4.81. The molecule has 1 aliphatic rings. The van der Waals surface area contributed by atoms with E-state index >= 15 is 0 Å². The Kier molecular flexibility index (Phi) is 2.72. The molecule has 0 aromatic carbocycles. The number of likely N-dealkylation sites (tertiary alicyclic amines) is 1. The summed E-state index contributed by atoms with van der Waals surface area (Å²) in [7, 11) is 0. The van der Waals surface area contributed by atoms with Crippen LogP contribution in [0.5, 0.6) is 0 Å². The minimum atomic E-state index is 0.843. The highest BCUT2D eigenvalue weighted by Crippen LogP contribution is 2.22. The molecule has 0 aromatic rings. The first kappa shape index (κ1) is 8.06. The van der Waals surface area contributed by atoms with Gasteiger partial charge in [0.1, 0.15) is 0 Å². The molecule has 0 N–H and O–H groups in total. The van der Waals surface area contributed by atoms with E-state index in [4.69, 9.17) is 0 Å². The molecule has 10 heavy (non-hydrogen) atoms. The van der Waals surface area contributed by atoms with Gasteiger partial charge in [0.25, 0.3) is 0 Å². The summed E-state index contributed by atoms with van der Waals surface area (Å²) in [6.45, 7) is 8.25. The Morgan fingerprint density at radius 2 is 1.70 bits per heavy atom. The van der Waals surface area contributed by atoms with Crippen LogP contribution in [-0.2, 0) is 0 Å². The number of hydrogen-bond acceptors (Lipinski definition) is 1. The van der Waals surface area contributed by atoms with E-state index in [1.165, 1.54) is 25.8 Å². The van der Waals surface area contributed by atoms with Crippen molar-refractivity contribution in [2.45, 2.75) is 52.1 Å². The summed E-state index contributed by atoms with van der Waals surface area (Å²) in [6.07, 6.45) is 4.11. The van der Waals surface area contributed by atoms with Gasteiger partial charge in [-0.15, -0.1) is 0 Å². The van der Waals surface area contributed by atoms with Crippen LogP contribution in [0.2, 0.25) is 0 Å². The van der Waals surface area contributed by atoms with E-state index in [2.05, 4.69) is 25.7 Å². The van der Waals surface area contributed by atoms with Gasteiger partial charge in [-0.25, -0.2) is 0 Å². The standard InChI is InChI=1S/C9H19N/c1-4-7-10-8(2)5-6-9(10)3/h8-9H,4-7H2,1-3H3/t8-,9-/m1/s1. The molecule has 60 valence electrons. The van der Waals surface area contributed by atoms with Crippen LogP contribution in [0.4, 0.5) is 0 Å². The van der Waals surface area contributed by atoms with Crippen molar-refractivity contribution < 1.29 is 0 Å². The fourth-order valence-corrected chi connectivity index (χ4v) is 1.95. The smallest absolute Gasteiger partial charge is 0.00703 e. The number of hydrogen-bond donors (Lipinski definition) is 0. The predicted octanol–water partition coefficient (Wildman–Crippen LogP) is 2.27. The van der Waals surface area contributed by atoms with E-state index < -0.39 is 0 Å². The second kappa shape index (κ2) is 3.38. The molecule has 0 radical (unpaired) electrons. The van der Waals surface area contributed by atoms with Crippen LogP contribution in [0.15, 0.2) is 0 Å². The molecule has 0 unspecified atom stereocenters. The van der Waals surface area contributed by atoms with Gasteiger partial charge in [-0.2, -0.15) is 0 Å². The Hall–Kier alpha value is -0.0400. The fraction of sp³-hybridized carbons (Fsp3) is 1.00. The highest BCUT2D eigenvalue weighted by atomic mass is 15.2. The lowest BCUT2D eigenvalue weighted by Crippen LogP contribution is -2.33. The molecule has 1 nitrogen and oxygen atoms in total. The molecule has 1 saturated heterocycles. The topological polar surface area (TPSA) is 3.24 Å². The first-order valence-electron chi connectivity index (χ1n) is 4.51. The molecule has 0 amide bonds. The largest absolute Gasteiger partial charge is 0.298 e. The normalized spacial score (nSPS) is 35.1. The third kappa shape index (κ3) is 1.51. The van der Waals surface area contributed by atoms with Gasteiger partial charge < -0.3 is 0 Å². The molecule has 0 saturated carbocycles. The SMILES string of the molecule is CCCN1[C@H](C)CC[C@H]1C. The van der Waals surface area contributed by atoms with Crippen molar-refractivity contribution in [1.82, 2.24) is 4.90 Å². The fourth-order valence-electron chi connectivity index (χ4n) is 1.95. The van der Waals surface area contributed by atoms with E-state index in [0.717, 1.165) is 12.1 Å². The van der Waals surface area contributed by atoms with Gasteiger partial charge in [0.05, 0.1) is 0 Å². The third-order valence-electron chi connectivity index (χ3n) is 2.62. The van der Waals surface area contributed by atoms with Crippen LogP contribution in [0, 0.1) is 0 Å². The lowest BCUT2D eigenvalue weighted by molar-refractivity contribution is 0.215. The van der Waals surface area contributed by atoms with Gasteiger partial charge in [0.2, 0.25) is 0 Å². The zero-order valence-corrected chi connectivity index (χ0v) is 7.43. The van der Waals surface area contributed by atoms with Crippen molar-refractivity contribution in [3.8, 4) is 0 Å². The summed E-state index contributed by atoms with van der Waals surface area (Å²) < 4.78 is 0. The van der Waals surface area contributed by atoms with E-state index in [9.17, 15) is 0 Å². The average Bonchev–Trinajstić information content (AvgIpc) is 2.20. The summed E-state index contributed by atoms with van der Waals surface area (Å²) in [4.78, 5) is 2.62. The van der Waals surface area contributed by atoms with Crippen LogP contribution in [0.25, 0.3) is 0 Å². The van der Waals surface area contributed by atoms with Gasteiger partial charge >= 0.3 is 0 Å². The Bertz CT molecular complexity index is 90.9. The van der Waals surface area contributed by atoms with Crippen LogP contribution in [0.3, 0.4) is 0 Å². The van der Waals surface area contributed by atoms with Crippen molar-refractivity contribution in [2.24, 2.45) is 0 Å². The number of nitrogens with zero attached hydrogens (tertiary/aromatic N) is 1. The van der Waals surface area contributed by atoms with Crippen molar-refractivity contribution in [1.29, 1.82) is 0 Å². The molecule has 0 bridgehead atoms. The average molecular weight is 141 g/mol. The zero-order chi connectivity index (χ0) is 7.56. The van der Waals surface area contributed by atoms with Crippen LogP contribution < -0.4 is 0 Å². The second-order valence-electron chi connectivity index (χ2n) is 3.51. The van der Waals surface area contributed by atoms with Gasteiger partial charge in [0.15, 0.2) is 0 Å². The van der Waals surface area contributed by atoms with E-state index in [0.29, 0.717) is 0 Å². The van der Waals surface area contributed by atoms with E-state index in [-0.39, 0.29) is 0 Å². The van der Waals surface area contributed by atoms with Crippen molar-refractivity contribution in [3.05, 3.63) is 0 Å². The summed E-state index contributed by atoms with van der Waals surface area (Å²) in [5, 5.41) is 0. The zero-order valence-electron chi connectivity index (χ0n) is 7.43. The maximum Gasteiger partial charge on any atom is 0.00703 e. The summed E-state index contributed by atoms with van der Waals surface area (Å²) in [5.74, 6) is 0. The second-order valence-corrected chi connectivity index (χ2v) is 3.51. The quantitative estimate of drug-likeness (QED) is 0.570. The Morgan fingerprint density at radius 3 is 2.10 bits per heavy atom. The van der Waals surface area contributed by atoms with Gasteiger partial charge in [-0.3, -0.25) is 4.90 Å². The maximum atomic E-state index is 2.62. The van der Waals surface area contributed by atoms with Crippen molar-refractivity contribution in [2.75, 3.05) is 6.54 Å². The Labute approximate surface area is 64.4 Å². The molecule has 0 spiro atoms. The first-order valence-corrected chi connectivity index (χ1v) is 4.51. The third-order valence-corrected chi connectivity index (χ3v) is 2.62. The molecular formula is C9H19N. The molecule has 1 heteroatoms. The molecule has 1 fully saturated rings. The summed E-state index contributed by atoms with van der Waals surface area (Å²) in [6, 6.07) is 1.69. The lowest BCUT2D eigenvalue weighted by atomic mass is 10.2. The van der Waals surface area contributed by atoms with Crippen molar-refractivity contribution >= 4 is 0 Å². The maximum absolute atomic E-state index is 2.62. The Balaban J connectivity index is 2.38. The molecular weight excluding hydrogens is 122 g/mol. The van der Waals surface area contributed by atoms with Crippen LogP contribution in [0.1, 0.15) is 40.0 Å². The molecule has 2 atom stereocenters. The molecule has 1 aliphatic heterocycles. The number of rotatable bonds is 2. The van der Waals surface area contributed by atoms with E-state index in [1.54, 1.807) is 0 Å². The first-order chi connectivity index (χ1) is 4.75.